The monoisotopic (exact) mass is 362 g/mol. The molecule has 0 aliphatic heterocycles. The average molecular weight is 363 g/mol. The van der Waals surface area contributed by atoms with Crippen LogP contribution in [0.5, 0.6) is 5.75 Å². The topological polar surface area (TPSA) is 76.7 Å². The minimum atomic E-state index is -0.391. The fourth-order valence-electron chi connectivity index (χ4n) is 1.99. The number of hydrogen-bond donors (Lipinski definition) is 2. The van der Waals surface area contributed by atoms with Gasteiger partial charge in [-0.3, -0.25) is 0 Å². The summed E-state index contributed by atoms with van der Waals surface area (Å²) >= 11 is 5.79. The summed E-state index contributed by atoms with van der Waals surface area (Å²) in [5, 5.41) is 6.07. The summed E-state index contributed by atoms with van der Waals surface area (Å²) in [6, 6.07) is 13.5. The van der Waals surface area contributed by atoms with Gasteiger partial charge >= 0.3 is 12.0 Å². The van der Waals surface area contributed by atoms with E-state index >= 15 is 0 Å². The smallest absolute Gasteiger partial charge is 0.337 e. The van der Waals surface area contributed by atoms with E-state index in [0.29, 0.717) is 36.0 Å². The Balaban J connectivity index is 1.65. The predicted molar refractivity (Wildman–Crippen MR) is 95.0 cm³/mol. The van der Waals surface area contributed by atoms with Crippen LogP contribution in [0.15, 0.2) is 48.5 Å². The van der Waals surface area contributed by atoms with Gasteiger partial charge in [0.1, 0.15) is 12.4 Å². The molecule has 0 fully saturated rings. The first-order valence-corrected chi connectivity index (χ1v) is 8.03. The molecular formula is C18H19ClN2O4. The zero-order chi connectivity index (χ0) is 18.1. The summed E-state index contributed by atoms with van der Waals surface area (Å²) in [6.45, 7) is 1.07. The maximum Gasteiger partial charge on any atom is 0.337 e. The number of hydrogen-bond acceptors (Lipinski definition) is 4. The molecule has 0 spiro atoms. The third-order valence-corrected chi connectivity index (χ3v) is 3.55. The van der Waals surface area contributed by atoms with Crippen molar-refractivity contribution in [1.29, 1.82) is 0 Å². The molecule has 0 aliphatic rings. The lowest BCUT2D eigenvalue weighted by molar-refractivity contribution is 0.0600. The van der Waals surface area contributed by atoms with Gasteiger partial charge in [-0.2, -0.15) is 0 Å². The highest BCUT2D eigenvalue weighted by Crippen LogP contribution is 2.15. The normalized spacial score (nSPS) is 10.0. The van der Waals surface area contributed by atoms with Crippen molar-refractivity contribution >= 4 is 23.6 Å². The molecule has 0 aromatic heterocycles. The van der Waals surface area contributed by atoms with Crippen LogP contribution in [0.3, 0.4) is 0 Å². The third kappa shape index (κ3) is 6.35. The molecule has 2 aromatic rings. The summed E-state index contributed by atoms with van der Waals surface area (Å²) in [5.41, 5.74) is 1.34. The van der Waals surface area contributed by atoms with Crippen molar-refractivity contribution < 1.29 is 19.1 Å². The number of rotatable bonds is 7. The van der Waals surface area contributed by atoms with Crippen LogP contribution in [-0.2, 0) is 11.3 Å². The van der Waals surface area contributed by atoms with Crippen LogP contribution in [0.25, 0.3) is 0 Å². The minimum Gasteiger partial charge on any atom is -0.492 e. The standard InChI is InChI=1S/C18H19ClN2O4/c1-24-17(22)14-4-2-13(3-5-14)12-21-18(23)20-10-11-25-16-8-6-15(19)7-9-16/h2-9H,10-12H2,1H3,(H2,20,21,23). The molecule has 132 valence electrons. The highest BCUT2D eigenvalue weighted by atomic mass is 35.5. The maximum atomic E-state index is 11.7. The third-order valence-electron chi connectivity index (χ3n) is 3.30. The van der Waals surface area contributed by atoms with Gasteiger partial charge in [0, 0.05) is 11.6 Å². The molecule has 0 atom stereocenters. The van der Waals surface area contributed by atoms with Crippen LogP contribution >= 0.6 is 11.6 Å². The molecule has 2 amide bonds. The lowest BCUT2D eigenvalue weighted by Gasteiger charge is -2.09. The summed E-state index contributed by atoms with van der Waals surface area (Å²) in [7, 11) is 1.33. The number of esters is 1. The van der Waals surface area contributed by atoms with Gasteiger partial charge in [-0.15, -0.1) is 0 Å². The van der Waals surface area contributed by atoms with Crippen molar-refractivity contribution in [2.75, 3.05) is 20.3 Å². The Labute approximate surface area is 151 Å². The number of methoxy groups -OCH3 is 1. The van der Waals surface area contributed by atoms with E-state index in [9.17, 15) is 9.59 Å². The lowest BCUT2D eigenvalue weighted by atomic mass is 10.1. The van der Waals surface area contributed by atoms with Crippen LogP contribution in [0.2, 0.25) is 5.02 Å². The van der Waals surface area contributed by atoms with E-state index in [1.54, 1.807) is 48.5 Å². The zero-order valence-electron chi connectivity index (χ0n) is 13.8. The molecule has 6 nitrogen and oxygen atoms in total. The molecule has 7 heteroatoms. The Morgan fingerprint density at radius 2 is 1.68 bits per heavy atom. The van der Waals surface area contributed by atoms with Crippen molar-refractivity contribution in [2.45, 2.75) is 6.54 Å². The van der Waals surface area contributed by atoms with Gasteiger partial charge in [-0.1, -0.05) is 23.7 Å². The van der Waals surface area contributed by atoms with Crippen LogP contribution in [0.4, 0.5) is 4.79 Å². The van der Waals surface area contributed by atoms with E-state index < -0.39 is 5.97 Å². The van der Waals surface area contributed by atoms with Crippen molar-refractivity contribution in [3.05, 3.63) is 64.7 Å². The van der Waals surface area contributed by atoms with Crippen LogP contribution < -0.4 is 15.4 Å². The predicted octanol–water partition coefficient (Wildman–Crippen LogP) is 3.00. The van der Waals surface area contributed by atoms with Gasteiger partial charge in [-0.05, 0) is 42.0 Å². The van der Waals surface area contributed by atoms with Gasteiger partial charge in [0.2, 0.25) is 0 Å². The quantitative estimate of drug-likeness (QED) is 0.586. The van der Waals surface area contributed by atoms with E-state index in [2.05, 4.69) is 15.4 Å². The second kappa shape index (κ2) is 9.54. The highest BCUT2D eigenvalue weighted by Gasteiger charge is 2.05. The summed E-state index contributed by atoms with van der Waals surface area (Å²) in [5.74, 6) is 0.301. The number of amides is 2. The summed E-state index contributed by atoms with van der Waals surface area (Å²) in [6.07, 6.45) is 0. The first-order valence-electron chi connectivity index (χ1n) is 7.66. The van der Waals surface area contributed by atoms with Gasteiger partial charge in [0.05, 0.1) is 19.2 Å². The Morgan fingerprint density at radius 3 is 2.32 bits per heavy atom. The van der Waals surface area contributed by atoms with Crippen LogP contribution in [0.1, 0.15) is 15.9 Å². The number of carbonyl (C=O) groups is 2. The molecule has 2 N–H and O–H groups in total. The number of ether oxygens (including phenoxy) is 2. The molecule has 0 unspecified atom stereocenters. The van der Waals surface area contributed by atoms with Crippen LogP contribution in [-0.4, -0.2) is 32.3 Å². The fourth-order valence-corrected chi connectivity index (χ4v) is 2.11. The fraction of sp³-hybridized carbons (Fsp3) is 0.222. The number of halogens is 1. The molecule has 25 heavy (non-hydrogen) atoms. The lowest BCUT2D eigenvalue weighted by Crippen LogP contribution is -2.37. The molecule has 0 radical (unpaired) electrons. The number of benzene rings is 2. The Bertz CT molecular complexity index is 702. The number of urea groups is 1. The van der Waals surface area contributed by atoms with Gasteiger partial charge < -0.3 is 20.1 Å². The van der Waals surface area contributed by atoms with Crippen molar-refractivity contribution in [3.8, 4) is 5.75 Å². The summed E-state index contributed by atoms with van der Waals surface area (Å²) < 4.78 is 10.1. The zero-order valence-corrected chi connectivity index (χ0v) is 14.5. The number of carbonyl (C=O) groups excluding carboxylic acids is 2. The second-order valence-electron chi connectivity index (χ2n) is 5.10. The first-order chi connectivity index (χ1) is 12.1. The van der Waals surface area contributed by atoms with E-state index in [-0.39, 0.29) is 6.03 Å². The Hall–Kier alpha value is -2.73. The maximum absolute atomic E-state index is 11.7. The Morgan fingerprint density at radius 1 is 1.00 bits per heavy atom. The molecule has 0 heterocycles. The minimum absolute atomic E-state index is 0.295. The molecule has 0 bridgehead atoms. The van der Waals surface area contributed by atoms with Crippen molar-refractivity contribution in [2.24, 2.45) is 0 Å². The molecule has 2 aromatic carbocycles. The molecular weight excluding hydrogens is 344 g/mol. The SMILES string of the molecule is COC(=O)c1ccc(CNC(=O)NCCOc2ccc(Cl)cc2)cc1. The molecule has 0 saturated carbocycles. The largest absolute Gasteiger partial charge is 0.492 e. The molecule has 0 saturated heterocycles. The molecule has 0 aliphatic carbocycles. The van der Waals surface area contributed by atoms with E-state index in [4.69, 9.17) is 16.3 Å². The second-order valence-corrected chi connectivity index (χ2v) is 5.54. The molecule has 2 rings (SSSR count). The van der Waals surface area contributed by atoms with E-state index in [0.717, 1.165) is 5.56 Å². The van der Waals surface area contributed by atoms with Gasteiger partial charge in [0.15, 0.2) is 0 Å². The first kappa shape index (κ1) is 18.6. The van der Waals surface area contributed by atoms with E-state index in [1.165, 1.54) is 7.11 Å². The number of nitrogens with one attached hydrogen (secondary N) is 2. The van der Waals surface area contributed by atoms with Crippen LogP contribution in [0, 0.1) is 0 Å². The van der Waals surface area contributed by atoms with Gasteiger partial charge in [-0.25, -0.2) is 9.59 Å². The average Bonchev–Trinajstić information content (AvgIpc) is 2.64. The van der Waals surface area contributed by atoms with Crippen molar-refractivity contribution in [3.63, 3.8) is 0 Å². The summed E-state index contributed by atoms with van der Waals surface area (Å²) in [4.78, 5) is 23.1. The van der Waals surface area contributed by atoms with E-state index in [1.807, 2.05) is 0 Å². The van der Waals surface area contributed by atoms with Gasteiger partial charge in [0.25, 0.3) is 0 Å². The Kier molecular flexibility index (Phi) is 7.10. The highest BCUT2D eigenvalue weighted by molar-refractivity contribution is 6.30. The van der Waals surface area contributed by atoms with Crippen molar-refractivity contribution in [1.82, 2.24) is 10.6 Å².